The largest absolute Gasteiger partial charge is 0.486 e. The summed E-state index contributed by atoms with van der Waals surface area (Å²) in [7, 11) is 0. The molecular formula is C18H17NO5S. The van der Waals surface area contributed by atoms with Crippen molar-refractivity contribution in [1.29, 1.82) is 0 Å². The highest BCUT2D eigenvalue weighted by atomic mass is 32.1. The molecule has 0 saturated heterocycles. The zero-order chi connectivity index (χ0) is 17.4. The fourth-order valence-electron chi connectivity index (χ4n) is 2.83. The normalized spacial score (nSPS) is 17.0. The summed E-state index contributed by atoms with van der Waals surface area (Å²) in [6.07, 6.45) is 1.70. The molecule has 1 aromatic carbocycles. The van der Waals surface area contributed by atoms with E-state index in [1.807, 2.05) is 24.3 Å². The van der Waals surface area contributed by atoms with Crippen molar-refractivity contribution in [2.24, 2.45) is 5.92 Å². The summed E-state index contributed by atoms with van der Waals surface area (Å²) in [5.41, 5.74) is 0.935. The SMILES string of the molecule is O=C(NC(C(=O)O)C1CC1)c1ccc(-c2ccc3c(c2)OCCO3)s1. The summed E-state index contributed by atoms with van der Waals surface area (Å²) in [4.78, 5) is 25.0. The van der Waals surface area contributed by atoms with Gasteiger partial charge in [0.15, 0.2) is 11.5 Å². The predicted molar refractivity (Wildman–Crippen MR) is 92.4 cm³/mol. The van der Waals surface area contributed by atoms with Crippen LogP contribution in [0.5, 0.6) is 11.5 Å². The van der Waals surface area contributed by atoms with Gasteiger partial charge in [-0.05, 0) is 54.7 Å². The molecule has 2 aromatic rings. The number of carbonyl (C=O) groups excluding carboxylic acids is 1. The molecule has 130 valence electrons. The first-order valence-electron chi connectivity index (χ1n) is 8.15. The van der Waals surface area contributed by atoms with Crippen LogP contribution in [0, 0.1) is 5.92 Å². The fraction of sp³-hybridized carbons (Fsp3) is 0.333. The molecule has 0 spiro atoms. The number of rotatable bonds is 5. The molecule has 1 saturated carbocycles. The summed E-state index contributed by atoms with van der Waals surface area (Å²) in [6.45, 7) is 1.06. The number of hydrogen-bond acceptors (Lipinski definition) is 5. The minimum absolute atomic E-state index is 0.0543. The molecule has 1 atom stereocenters. The van der Waals surface area contributed by atoms with E-state index in [-0.39, 0.29) is 11.8 Å². The number of benzene rings is 1. The minimum Gasteiger partial charge on any atom is -0.486 e. The molecule has 1 amide bonds. The highest BCUT2D eigenvalue weighted by molar-refractivity contribution is 7.17. The first-order chi connectivity index (χ1) is 12.1. The van der Waals surface area contributed by atoms with Crippen molar-refractivity contribution in [1.82, 2.24) is 5.32 Å². The van der Waals surface area contributed by atoms with Crippen LogP contribution < -0.4 is 14.8 Å². The Morgan fingerprint density at radius 3 is 2.60 bits per heavy atom. The van der Waals surface area contributed by atoms with Crippen LogP contribution in [0.1, 0.15) is 22.5 Å². The highest BCUT2D eigenvalue weighted by Crippen LogP contribution is 2.37. The fourth-order valence-corrected chi connectivity index (χ4v) is 3.74. The van der Waals surface area contributed by atoms with Crippen LogP contribution in [-0.4, -0.2) is 36.2 Å². The van der Waals surface area contributed by atoms with Gasteiger partial charge in [0, 0.05) is 4.88 Å². The van der Waals surface area contributed by atoms with Crippen LogP contribution in [0.2, 0.25) is 0 Å². The van der Waals surface area contributed by atoms with E-state index in [9.17, 15) is 14.7 Å². The third kappa shape index (κ3) is 3.32. The maximum absolute atomic E-state index is 12.4. The summed E-state index contributed by atoms with van der Waals surface area (Å²) in [5.74, 6) is 0.160. The van der Waals surface area contributed by atoms with Crippen molar-refractivity contribution < 1.29 is 24.2 Å². The van der Waals surface area contributed by atoms with Crippen LogP contribution in [0.15, 0.2) is 30.3 Å². The first kappa shape index (κ1) is 16.0. The Kier molecular flexibility index (Phi) is 4.09. The second kappa shape index (κ2) is 6.40. The molecule has 25 heavy (non-hydrogen) atoms. The predicted octanol–water partition coefficient (Wildman–Crippen LogP) is 2.78. The average Bonchev–Trinajstić information content (AvgIpc) is 3.33. The lowest BCUT2D eigenvalue weighted by molar-refractivity contribution is -0.139. The number of amides is 1. The molecule has 1 aliphatic heterocycles. The van der Waals surface area contributed by atoms with E-state index in [1.54, 1.807) is 6.07 Å². The van der Waals surface area contributed by atoms with Crippen molar-refractivity contribution in [3.63, 3.8) is 0 Å². The second-order valence-electron chi connectivity index (χ2n) is 6.15. The number of nitrogens with one attached hydrogen (secondary N) is 1. The van der Waals surface area contributed by atoms with E-state index < -0.39 is 12.0 Å². The van der Waals surface area contributed by atoms with E-state index in [0.29, 0.717) is 23.8 Å². The summed E-state index contributed by atoms with van der Waals surface area (Å²) >= 11 is 1.33. The summed E-state index contributed by atoms with van der Waals surface area (Å²) in [5, 5.41) is 11.9. The Morgan fingerprint density at radius 2 is 1.88 bits per heavy atom. The average molecular weight is 359 g/mol. The van der Waals surface area contributed by atoms with Gasteiger partial charge in [-0.15, -0.1) is 11.3 Å². The van der Waals surface area contributed by atoms with E-state index in [2.05, 4.69) is 5.32 Å². The maximum Gasteiger partial charge on any atom is 0.326 e. The second-order valence-corrected chi connectivity index (χ2v) is 7.23. The van der Waals surface area contributed by atoms with E-state index in [0.717, 1.165) is 29.0 Å². The van der Waals surface area contributed by atoms with Crippen LogP contribution >= 0.6 is 11.3 Å². The van der Waals surface area contributed by atoms with E-state index in [4.69, 9.17) is 9.47 Å². The van der Waals surface area contributed by atoms with E-state index >= 15 is 0 Å². The smallest absolute Gasteiger partial charge is 0.326 e. The molecule has 1 aromatic heterocycles. The van der Waals surface area contributed by atoms with Gasteiger partial charge in [0.25, 0.3) is 5.91 Å². The zero-order valence-electron chi connectivity index (χ0n) is 13.4. The minimum atomic E-state index is -0.973. The quantitative estimate of drug-likeness (QED) is 0.857. The van der Waals surface area contributed by atoms with Crippen molar-refractivity contribution in [2.45, 2.75) is 18.9 Å². The Hall–Kier alpha value is -2.54. The van der Waals surface area contributed by atoms with E-state index in [1.165, 1.54) is 11.3 Å². The number of carboxylic acid groups (broad SMARTS) is 1. The van der Waals surface area contributed by atoms with Gasteiger partial charge in [-0.25, -0.2) is 4.79 Å². The van der Waals surface area contributed by atoms with Gasteiger partial charge in [-0.3, -0.25) is 4.79 Å². The molecule has 6 nitrogen and oxygen atoms in total. The Balaban J connectivity index is 1.51. The van der Waals surface area contributed by atoms with Crippen LogP contribution in [0.25, 0.3) is 10.4 Å². The number of fused-ring (bicyclic) bond motifs is 1. The molecule has 2 heterocycles. The monoisotopic (exact) mass is 359 g/mol. The topological polar surface area (TPSA) is 84.9 Å². The van der Waals surface area contributed by atoms with Crippen molar-refractivity contribution in [2.75, 3.05) is 13.2 Å². The summed E-state index contributed by atoms with van der Waals surface area (Å²) in [6, 6.07) is 8.46. The first-order valence-corrected chi connectivity index (χ1v) is 8.97. The lowest BCUT2D eigenvalue weighted by Gasteiger charge is -2.18. The lowest BCUT2D eigenvalue weighted by Crippen LogP contribution is -2.42. The Bertz CT molecular complexity index is 827. The van der Waals surface area contributed by atoms with Crippen LogP contribution in [-0.2, 0) is 4.79 Å². The van der Waals surface area contributed by atoms with Gasteiger partial charge in [0.2, 0.25) is 0 Å². The Labute approximate surface area is 148 Å². The molecular weight excluding hydrogens is 342 g/mol. The van der Waals surface area contributed by atoms with Crippen molar-refractivity contribution >= 4 is 23.2 Å². The molecule has 1 fully saturated rings. The number of carboxylic acids is 1. The zero-order valence-corrected chi connectivity index (χ0v) is 14.2. The van der Waals surface area contributed by atoms with Gasteiger partial charge in [0.1, 0.15) is 19.3 Å². The number of aliphatic carboxylic acids is 1. The third-order valence-corrected chi connectivity index (χ3v) is 5.44. The molecule has 1 unspecified atom stereocenters. The Morgan fingerprint density at radius 1 is 1.12 bits per heavy atom. The molecule has 1 aliphatic carbocycles. The molecule has 2 aliphatic rings. The highest BCUT2D eigenvalue weighted by Gasteiger charge is 2.37. The molecule has 0 bridgehead atoms. The molecule has 4 rings (SSSR count). The van der Waals surface area contributed by atoms with Gasteiger partial charge in [0.05, 0.1) is 4.88 Å². The maximum atomic E-state index is 12.4. The van der Waals surface area contributed by atoms with Gasteiger partial charge in [-0.2, -0.15) is 0 Å². The van der Waals surface area contributed by atoms with Crippen molar-refractivity contribution in [3.05, 3.63) is 35.2 Å². The van der Waals surface area contributed by atoms with Gasteiger partial charge >= 0.3 is 5.97 Å². The molecule has 7 heteroatoms. The standard InChI is InChI=1S/C18H17NO5S/c20-17(19-16(18(21)22)10-1-2-10)15-6-5-14(25-15)11-3-4-12-13(9-11)24-8-7-23-12/h3-6,9-10,16H,1-2,7-8H2,(H,19,20)(H,21,22). The van der Waals surface area contributed by atoms with Crippen molar-refractivity contribution in [3.8, 4) is 21.9 Å². The third-order valence-electron chi connectivity index (χ3n) is 4.30. The van der Waals surface area contributed by atoms with Crippen LogP contribution in [0.3, 0.4) is 0 Å². The molecule has 0 radical (unpaired) electrons. The van der Waals surface area contributed by atoms with Gasteiger partial charge in [-0.1, -0.05) is 0 Å². The molecule has 2 N–H and O–H groups in total. The number of thiophene rings is 1. The van der Waals surface area contributed by atoms with Crippen LogP contribution in [0.4, 0.5) is 0 Å². The van der Waals surface area contributed by atoms with Gasteiger partial charge < -0.3 is 19.9 Å². The summed E-state index contributed by atoms with van der Waals surface area (Å²) < 4.78 is 11.1. The lowest BCUT2D eigenvalue weighted by atomic mass is 10.1. The number of hydrogen-bond donors (Lipinski definition) is 2. The number of ether oxygens (including phenoxy) is 2. The number of carbonyl (C=O) groups is 2.